The molecule has 4 rings (SSSR count). The van der Waals surface area contributed by atoms with Crippen LogP contribution in [-0.4, -0.2) is 42.7 Å². The predicted molar refractivity (Wildman–Crippen MR) is 92.1 cm³/mol. The standard InChI is InChI=1S/C20H22FNO4/c21-17-5-2-1-4-16(17)12-24-9-7-15-10-20(26-11-15)13-22(14-20)19(23)18-6-3-8-25-18/h1-6,8,15H,7,9-14H2. The van der Waals surface area contributed by atoms with Gasteiger partial charge in [-0.15, -0.1) is 0 Å². The van der Waals surface area contributed by atoms with Crippen molar-refractivity contribution in [1.29, 1.82) is 0 Å². The molecule has 1 atom stereocenters. The number of hydrogen-bond acceptors (Lipinski definition) is 4. The van der Waals surface area contributed by atoms with Crippen molar-refractivity contribution in [2.45, 2.75) is 25.0 Å². The molecule has 1 aromatic heterocycles. The Bertz CT molecular complexity index is 755. The Kier molecular flexibility index (Phi) is 4.78. The molecule has 0 aliphatic carbocycles. The largest absolute Gasteiger partial charge is 0.459 e. The zero-order chi connectivity index (χ0) is 18.0. The van der Waals surface area contributed by atoms with Crippen molar-refractivity contribution in [3.63, 3.8) is 0 Å². The van der Waals surface area contributed by atoms with Crippen LogP contribution in [0.2, 0.25) is 0 Å². The van der Waals surface area contributed by atoms with Crippen LogP contribution in [0.3, 0.4) is 0 Å². The summed E-state index contributed by atoms with van der Waals surface area (Å²) < 4.78 is 30.3. The van der Waals surface area contributed by atoms with Gasteiger partial charge in [0.15, 0.2) is 5.76 Å². The number of amides is 1. The van der Waals surface area contributed by atoms with Gasteiger partial charge >= 0.3 is 0 Å². The minimum Gasteiger partial charge on any atom is -0.459 e. The summed E-state index contributed by atoms with van der Waals surface area (Å²) >= 11 is 0. The maximum absolute atomic E-state index is 13.5. The molecule has 2 aliphatic heterocycles. The SMILES string of the molecule is O=C(c1ccco1)N1CC2(CC(CCOCc3ccccc3F)CO2)C1. The van der Waals surface area contributed by atoms with Crippen molar-refractivity contribution in [1.82, 2.24) is 4.90 Å². The number of carbonyl (C=O) groups is 1. The minimum absolute atomic E-state index is 0.0825. The molecule has 1 spiro atoms. The molecule has 26 heavy (non-hydrogen) atoms. The zero-order valence-corrected chi connectivity index (χ0v) is 14.5. The van der Waals surface area contributed by atoms with Crippen molar-refractivity contribution in [2.24, 2.45) is 5.92 Å². The minimum atomic E-state index is -0.230. The van der Waals surface area contributed by atoms with Gasteiger partial charge in [-0.05, 0) is 37.0 Å². The Labute approximate surface area is 151 Å². The average Bonchev–Trinajstić information content (AvgIpc) is 3.28. The van der Waals surface area contributed by atoms with E-state index in [9.17, 15) is 9.18 Å². The first-order valence-corrected chi connectivity index (χ1v) is 8.93. The highest BCUT2D eigenvalue weighted by atomic mass is 19.1. The Hall–Kier alpha value is -2.18. The summed E-state index contributed by atoms with van der Waals surface area (Å²) in [7, 11) is 0. The van der Waals surface area contributed by atoms with E-state index in [1.165, 1.54) is 12.3 Å². The highest BCUT2D eigenvalue weighted by molar-refractivity contribution is 5.92. The third-order valence-corrected chi connectivity index (χ3v) is 5.15. The highest BCUT2D eigenvalue weighted by Gasteiger charge is 2.51. The van der Waals surface area contributed by atoms with Crippen molar-refractivity contribution in [3.05, 3.63) is 59.8 Å². The molecule has 0 N–H and O–H groups in total. The number of ether oxygens (including phenoxy) is 2. The second kappa shape index (κ2) is 7.21. The Balaban J connectivity index is 1.18. The number of hydrogen-bond donors (Lipinski definition) is 0. The lowest BCUT2D eigenvalue weighted by atomic mass is 9.86. The third kappa shape index (κ3) is 3.52. The van der Waals surface area contributed by atoms with E-state index in [1.807, 2.05) is 6.07 Å². The van der Waals surface area contributed by atoms with E-state index in [-0.39, 0.29) is 23.9 Å². The van der Waals surface area contributed by atoms with Crippen LogP contribution in [0.1, 0.15) is 29.0 Å². The van der Waals surface area contributed by atoms with E-state index in [0.717, 1.165) is 12.8 Å². The molecule has 1 amide bonds. The molecular formula is C20H22FNO4. The molecule has 0 bridgehead atoms. The lowest BCUT2D eigenvalue weighted by Gasteiger charge is -2.46. The average molecular weight is 359 g/mol. The Morgan fingerprint density at radius 3 is 2.88 bits per heavy atom. The topological polar surface area (TPSA) is 51.9 Å². The van der Waals surface area contributed by atoms with E-state index in [4.69, 9.17) is 13.9 Å². The van der Waals surface area contributed by atoms with Gasteiger partial charge in [0.2, 0.25) is 0 Å². The molecule has 5 nitrogen and oxygen atoms in total. The maximum Gasteiger partial charge on any atom is 0.289 e. The molecular weight excluding hydrogens is 337 g/mol. The van der Waals surface area contributed by atoms with Crippen molar-refractivity contribution >= 4 is 5.91 Å². The predicted octanol–water partition coefficient (Wildman–Crippen LogP) is 3.26. The number of nitrogens with zero attached hydrogens (tertiary/aromatic N) is 1. The highest BCUT2D eigenvalue weighted by Crippen LogP contribution is 2.39. The fourth-order valence-electron chi connectivity index (χ4n) is 3.74. The van der Waals surface area contributed by atoms with Crippen LogP contribution < -0.4 is 0 Å². The lowest BCUT2D eigenvalue weighted by Crippen LogP contribution is -2.63. The number of halogens is 1. The first-order chi connectivity index (χ1) is 12.7. The number of rotatable bonds is 6. The molecule has 3 heterocycles. The quantitative estimate of drug-likeness (QED) is 0.743. The van der Waals surface area contributed by atoms with Gasteiger partial charge in [0, 0.05) is 12.2 Å². The van der Waals surface area contributed by atoms with E-state index in [0.29, 0.717) is 43.5 Å². The summed E-state index contributed by atoms with van der Waals surface area (Å²) in [5.41, 5.74) is 0.371. The lowest BCUT2D eigenvalue weighted by molar-refractivity contribution is -0.0957. The normalized spacial score (nSPS) is 21.1. The van der Waals surface area contributed by atoms with Gasteiger partial charge < -0.3 is 18.8 Å². The Morgan fingerprint density at radius 2 is 2.12 bits per heavy atom. The third-order valence-electron chi connectivity index (χ3n) is 5.15. The van der Waals surface area contributed by atoms with Crippen LogP contribution in [-0.2, 0) is 16.1 Å². The van der Waals surface area contributed by atoms with E-state index >= 15 is 0 Å². The van der Waals surface area contributed by atoms with Crippen molar-refractivity contribution in [3.8, 4) is 0 Å². The second-order valence-corrected chi connectivity index (χ2v) is 7.14. The van der Waals surface area contributed by atoms with Gasteiger partial charge in [-0.25, -0.2) is 4.39 Å². The summed E-state index contributed by atoms with van der Waals surface area (Å²) in [6.07, 6.45) is 3.31. The molecule has 138 valence electrons. The molecule has 2 aliphatic rings. The molecule has 2 fully saturated rings. The van der Waals surface area contributed by atoms with Crippen molar-refractivity contribution < 1.29 is 23.1 Å². The number of benzene rings is 1. The number of likely N-dealkylation sites (tertiary alicyclic amines) is 1. The van der Waals surface area contributed by atoms with Gasteiger partial charge in [-0.2, -0.15) is 0 Å². The summed E-state index contributed by atoms with van der Waals surface area (Å²) in [6, 6.07) is 10.1. The van der Waals surface area contributed by atoms with Crippen LogP contribution in [0.4, 0.5) is 4.39 Å². The van der Waals surface area contributed by atoms with Gasteiger partial charge in [-0.3, -0.25) is 4.79 Å². The van der Waals surface area contributed by atoms with Crippen LogP contribution >= 0.6 is 0 Å². The van der Waals surface area contributed by atoms with E-state index in [2.05, 4.69) is 0 Å². The number of furan rings is 1. The van der Waals surface area contributed by atoms with E-state index in [1.54, 1.807) is 29.2 Å². The molecule has 1 aromatic carbocycles. The second-order valence-electron chi connectivity index (χ2n) is 7.14. The summed E-state index contributed by atoms with van der Waals surface area (Å²) in [6.45, 7) is 2.77. The molecule has 1 unspecified atom stereocenters. The molecule has 6 heteroatoms. The monoisotopic (exact) mass is 359 g/mol. The molecule has 0 radical (unpaired) electrons. The van der Waals surface area contributed by atoms with Gasteiger partial charge in [0.25, 0.3) is 5.91 Å². The van der Waals surface area contributed by atoms with Crippen LogP contribution in [0.25, 0.3) is 0 Å². The molecule has 2 saturated heterocycles. The summed E-state index contributed by atoms with van der Waals surface area (Å²) in [5.74, 6) is 0.472. The van der Waals surface area contributed by atoms with Crippen molar-refractivity contribution in [2.75, 3.05) is 26.3 Å². The van der Waals surface area contributed by atoms with Crippen LogP contribution in [0, 0.1) is 11.7 Å². The van der Waals surface area contributed by atoms with Crippen LogP contribution in [0.15, 0.2) is 47.1 Å². The molecule has 2 aromatic rings. The first kappa shape index (κ1) is 17.2. The Morgan fingerprint density at radius 1 is 1.27 bits per heavy atom. The summed E-state index contributed by atoms with van der Waals surface area (Å²) in [4.78, 5) is 14.0. The van der Waals surface area contributed by atoms with E-state index < -0.39 is 0 Å². The fourth-order valence-corrected chi connectivity index (χ4v) is 3.74. The number of carbonyl (C=O) groups excluding carboxylic acids is 1. The molecule has 0 saturated carbocycles. The fraction of sp³-hybridized carbons (Fsp3) is 0.450. The first-order valence-electron chi connectivity index (χ1n) is 8.93. The van der Waals surface area contributed by atoms with Crippen LogP contribution in [0.5, 0.6) is 0 Å². The maximum atomic E-state index is 13.5. The zero-order valence-electron chi connectivity index (χ0n) is 14.5. The smallest absolute Gasteiger partial charge is 0.289 e. The summed E-state index contributed by atoms with van der Waals surface area (Å²) in [5, 5.41) is 0. The van der Waals surface area contributed by atoms with Gasteiger partial charge in [-0.1, -0.05) is 18.2 Å². The van der Waals surface area contributed by atoms with Gasteiger partial charge in [0.05, 0.1) is 32.6 Å². The van der Waals surface area contributed by atoms with Gasteiger partial charge in [0.1, 0.15) is 11.4 Å².